The van der Waals surface area contributed by atoms with Gasteiger partial charge in [-0.15, -0.1) is 12.4 Å². The Balaban J connectivity index is 0.00000180. The van der Waals surface area contributed by atoms with Gasteiger partial charge >= 0.3 is 0 Å². The van der Waals surface area contributed by atoms with E-state index in [0.717, 1.165) is 50.6 Å². The second-order valence-corrected chi connectivity index (χ2v) is 6.53. The maximum Gasteiger partial charge on any atom is 0.225 e. The summed E-state index contributed by atoms with van der Waals surface area (Å²) < 4.78 is 0. The van der Waals surface area contributed by atoms with Crippen molar-refractivity contribution in [1.82, 2.24) is 4.90 Å². The molecular weight excluding hydrogens is 260 g/mol. The van der Waals surface area contributed by atoms with Crippen LogP contribution < -0.4 is 5.73 Å². The molecule has 2 rings (SSSR count). The molecule has 0 aromatic rings. The zero-order valence-electron chi connectivity index (χ0n) is 12.3. The highest BCUT2D eigenvalue weighted by atomic mass is 35.5. The lowest BCUT2D eigenvalue weighted by atomic mass is 9.83. The van der Waals surface area contributed by atoms with Crippen LogP contribution in [0.2, 0.25) is 0 Å². The minimum Gasteiger partial charge on any atom is -0.342 e. The summed E-state index contributed by atoms with van der Waals surface area (Å²) in [5, 5.41) is 0. The second-order valence-electron chi connectivity index (χ2n) is 6.53. The van der Waals surface area contributed by atoms with E-state index in [4.69, 9.17) is 5.73 Å². The van der Waals surface area contributed by atoms with E-state index in [-0.39, 0.29) is 24.4 Å². The van der Waals surface area contributed by atoms with Crippen LogP contribution >= 0.6 is 12.4 Å². The number of nitrogens with zero attached hydrogens (tertiary/aromatic N) is 1. The van der Waals surface area contributed by atoms with E-state index in [2.05, 4.69) is 18.7 Å². The molecule has 1 saturated carbocycles. The lowest BCUT2D eigenvalue weighted by Gasteiger charge is -2.37. The third kappa shape index (κ3) is 4.35. The Morgan fingerprint density at radius 2 is 1.79 bits per heavy atom. The molecule has 3 nitrogen and oxygen atoms in total. The zero-order valence-corrected chi connectivity index (χ0v) is 13.1. The van der Waals surface area contributed by atoms with Crippen molar-refractivity contribution in [2.45, 2.75) is 58.4 Å². The van der Waals surface area contributed by atoms with Crippen LogP contribution in [-0.4, -0.2) is 29.9 Å². The molecule has 1 heterocycles. The van der Waals surface area contributed by atoms with Crippen molar-refractivity contribution in [3.63, 3.8) is 0 Å². The van der Waals surface area contributed by atoms with Crippen LogP contribution in [0.4, 0.5) is 0 Å². The fraction of sp³-hybridized carbons (Fsp3) is 0.933. The summed E-state index contributed by atoms with van der Waals surface area (Å²) in [7, 11) is 0. The lowest BCUT2D eigenvalue weighted by Crippen LogP contribution is -2.44. The van der Waals surface area contributed by atoms with Crippen molar-refractivity contribution in [3.8, 4) is 0 Å². The van der Waals surface area contributed by atoms with Gasteiger partial charge in [0, 0.05) is 25.0 Å². The Labute approximate surface area is 123 Å². The molecule has 2 fully saturated rings. The van der Waals surface area contributed by atoms with Gasteiger partial charge in [0.15, 0.2) is 0 Å². The van der Waals surface area contributed by atoms with E-state index in [1.807, 2.05) is 0 Å². The number of hydrogen-bond donors (Lipinski definition) is 1. The van der Waals surface area contributed by atoms with Gasteiger partial charge in [-0.3, -0.25) is 4.79 Å². The highest BCUT2D eigenvalue weighted by molar-refractivity contribution is 5.85. The third-order valence-corrected chi connectivity index (χ3v) is 4.86. The lowest BCUT2D eigenvalue weighted by molar-refractivity contribution is -0.138. The Kier molecular flexibility index (Phi) is 6.61. The molecule has 0 bridgehead atoms. The number of carbonyl (C=O) groups excluding carboxylic acids is 1. The highest BCUT2D eigenvalue weighted by Gasteiger charge is 2.31. The molecule has 2 N–H and O–H groups in total. The maximum absolute atomic E-state index is 12.4. The molecule has 19 heavy (non-hydrogen) atoms. The van der Waals surface area contributed by atoms with Gasteiger partial charge in [0.1, 0.15) is 0 Å². The van der Waals surface area contributed by atoms with Crippen LogP contribution in [0.5, 0.6) is 0 Å². The first-order chi connectivity index (χ1) is 8.58. The average molecular weight is 289 g/mol. The maximum atomic E-state index is 12.4. The fourth-order valence-corrected chi connectivity index (χ4v) is 3.50. The van der Waals surface area contributed by atoms with Gasteiger partial charge in [-0.2, -0.15) is 0 Å². The Hall–Kier alpha value is -0.280. The number of hydrogen-bond acceptors (Lipinski definition) is 2. The van der Waals surface area contributed by atoms with Gasteiger partial charge in [-0.25, -0.2) is 0 Å². The predicted molar refractivity (Wildman–Crippen MR) is 81.3 cm³/mol. The van der Waals surface area contributed by atoms with Gasteiger partial charge in [0.2, 0.25) is 5.91 Å². The summed E-state index contributed by atoms with van der Waals surface area (Å²) in [4.78, 5) is 14.5. The number of rotatable bonds is 2. The summed E-state index contributed by atoms with van der Waals surface area (Å²) >= 11 is 0. The van der Waals surface area contributed by atoms with E-state index in [0.29, 0.717) is 5.91 Å². The quantitative estimate of drug-likeness (QED) is 0.849. The Morgan fingerprint density at radius 1 is 1.16 bits per heavy atom. The topological polar surface area (TPSA) is 46.3 Å². The second kappa shape index (κ2) is 7.49. The Bertz CT molecular complexity index is 288. The number of nitrogens with two attached hydrogens (primary N) is 1. The minimum absolute atomic E-state index is 0. The number of amides is 1. The minimum atomic E-state index is 0. The predicted octanol–water partition coefficient (Wildman–Crippen LogP) is 2.82. The number of piperidine rings is 1. The number of likely N-dealkylation sites (tertiary alicyclic amines) is 1. The summed E-state index contributed by atoms with van der Waals surface area (Å²) in [5.41, 5.74) is 5.98. The van der Waals surface area contributed by atoms with Crippen LogP contribution in [0.25, 0.3) is 0 Å². The molecule has 1 saturated heterocycles. The molecule has 0 aromatic carbocycles. The van der Waals surface area contributed by atoms with Crippen molar-refractivity contribution < 1.29 is 4.79 Å². The largest absolute Gasteiger partial charge is 0.342 e. The summed E-state index contributed by atoms with van der Waals surface area (Å²) in [6.45, 7) is 6.52. The fourth-order valence-electron chi connectivity index (χ4n) is 3.50. The molecule has 2 aliphatic rings. The van der Waals surface area contributed by atoms with E-state index < -0.39 is 0 Å². The molecule has 112 valence electrons. The molecule has 2 atom stereocenters. The first kappa shape index (κ1) is 16.8. The summed E-state index contributed by atoms with van der Waals surface area (Å²) in [6.07, 6.45) is 6.54. The molecule has 4 heteroatoms. The van der Waals surface area contributed by atoms with E-state index in [1.54, 1.807) is 0 Å². The molecule has 0 spiro atoms. The van der Waals surface area contributed by atoms with Crippen molar-refractivity contribution in [2.75, 3.05) is 13.1 Å². The van der Waals surface area contributed by atoms with Crippen molar-refractivity contribution in [1.29, 1.82) is 0 Å². The van der Waals surface area contributed by atoms with Crippen LogP contribution in [-0.2, 0) is 4.79 Å². The highest BCUT2D eigenvalue weighted by Crippen LogP contribution is 2.29. The molecule has 0 aromatic heterocycles. The third-order valence-electron chi connectivity index (χ3n) is 4.86. The van der Waals surface area contributed by atoms with Gasteiger partial charge in [-0.1, -0.05) is 20.3 Å². The number of carbonyl (C=O) groups is 1. The first-order valence-electron chi connectivity index (χ1n) is 7.62. The molecule has 1 aliphatic carbocycles. The van der Waals surface area contributed by atoms with Crippen LogP contribution in [0.3, 0.4) is 0 Å². The first-order valence-corrected chi connectivity index (χ1v) is 7.62. The number of halogens is 1. The normalized spacial score (nSPS) is 29.2. The Morgan fingerprint density at radius 3 is 2.32 bits per heavy atom. The molecule has 2 unspecified atom stereocenters. The van der Waals surface area contributed by atoms with E-state index in [1.165, 1.54) is 12.8 Å². The molecular formula is C15H29ClN2O. The van der Waals surface area contributed by atoms with Crippen LogP contribution in [0, 0.1) is 17.8 Å². The monoisotopic (exact) mass is 288 g/mol. The van der Waals surface area contributed by atoms with E-state index >= 15 is 0 Å². The molecule has 1 amide bonds. The van der Waals surface area contributed by atoms with Crippen molar-refractivity contribution in [2.24, 2.45) is 23.5 Å². The standard InChI is InChI=1S/C15H28N2O.ClH/c1-11(2)12-6-8-17(9-7-12)15(18)13-4-3-5-14(16)10-13;/h11-14H,3-10,16H2,1-2H3;1H. The SMILES string of the molecule is CC(C)C1CCN(C(=O)C2CCCC(N)C2)CC1.Cl. The van der Waals surface area contributed by atoms with E-state index in [9.17, 15) is 4.79 Å². The van der Waals surface area contributed by atoms with Gasteiger partial charge < -0.3 is 10.6 Å². The van der Waals surface area contributed by atoms with Gasteiger partial charge in [0.05, 0.1) is 0 Å². The summed E-state index contributed by atoms with van der Waals surface area (Å²) in [6, 6.07) is 0.251. The average Bonchev–Trinajstić information content (AvgIpc) is 2.38. The molecule has 1 aliphatic heterocycles. The van der Waals surface area contributed by atoms with Crippen LogP contribution in [0.15, 0.2) is 0 Å². The van der Waals surface area contributed by atoms with Crippen molar-refractivity contribution >= 4 is 18.3 Å². The molecule has 0 radical (unpaired) electrons. The van der Waals surface area contributed by atoms with Crippen molar-refractivity contribution in [3.05, 3.63) is 0 Å². The summed E-state index contributed by atoms with van der Waals surface area (Å²) in [5.74, 6) is 2.16. The zero-order chi connectivity index (χ0) is 13.1. The van der Waals surface area contributed by atoms with Gasteiger partial charge in [0.25, 0.3) is 0 Å². The van der Waals surface area contributed by atoms with Gasteiger partial charge in [-0.05, 0) is 43.9 Å². The van der Waals surface area contributed by atoms with Crippen LogP contribution in [0.1, 0.15) is 52.4 Å². The smallest absolute Gasteiger partial charge is 0.225 e.